The summed E-state index contributed by atoms with van der Waals surface area (Å²) in [5, 5.41) is 1.99. The van der Waals surface area contributed by atoms with Gasteiger partial charge in [0.05, 0.1) is 17.2 Å². The van der Waals surface area contributed by atoms with Crippen LogP contribution < -0.4 is 5.32 Å². The predicted molar refractivity (Wildman–Crippen MR) is 131 cm³/mol. The fourth-order valence-electron chi connectivity index (χ4n) is 5.15. The van der Waals surface area contributed by atoms with Crippen molar-refractivity contribution >= 4 is 31.9 Å². The molecule has 0 radical (unpaired) electrons. The number of nitrogens with zero attached hydrogens (tertiary/aromatic N) is 3. The topological polar surface area (TPSA) is 124 Å². The van der Waals surface area contributed by atoms with Crippen molar-refractivity contribution in [3.63, 3.8) is 0 Å². The number of nitrogens with one attached hydrogen (secondary N) is 1. The van der Waals surface area contributed by atoms with Crippen LogP contribution in [-0.4, -0.2) is 92.4 Å². The van der Waals surface area contributed by atoms with Gasteiger partial charge >= 0.3 is 0 Å². The second-order valence-corrected chi connectivity index (χ2v) is 14.3. The number of carbonyl (C=O) groups excluding carboxylic acids is 2. The van der Waals surface area contributed by atoms with Crippen LogP contribution in [0.15, 0.2) is 18.2 Å². The fourth-order valence-corrected chi connectivity index (χ4v) is 8.04. The normalized spacial score (nSPS) is 25.0. The summed E-state index contributed by atoms with van der Waals surface area (Å²) >= 11 is 0. The lowest BCUT2D eigenvalue weighted by Gasteiger charge is -2.42. The van der Waals surface area contributed by atoms with Gasteiger partial charge in [-0.15, -0.1) is 0 Å². The molecule has 3 fully saturated rings. The maximum Gasteiger partial charge on any atom is 0.282 e. The van der Waals surface area contributed by atoms with Gasteiger partial charge < -0.3 is 10.2 Å². The highest BCUT2D eigenvalue weighted by Crippen LogP contribution is 2.29. The molecule has 0 unspecified atom stereocenters. The van der Waals surface area contributed by atoms with Crippen LogP contribution in [0.2, 0.25) is 0 Å². The summed E-state index contributed by atoms with van der Waals surface area (Å²) < 4.78 is 79.1. The van der Waals surface area contributed by atoms with E-state index in [0.29, 0.717) is 32.2 Å². The number of halogens is 2. The van der Waals surface area contributed by atoms with Gasteiger partial charge in [-0.2, -0.15) is 17.0 Å². The maximum absolute atomic E-state index is 14.1. The third-order valence-electron chi connectivity index (χ3n) is 7.43. The molecule has 0 aromatic heterocycles. The number of carbonyl (C=O) groups is 2. The number of piperidine rings is 1. The second kappa shape index (κ2) is 10.5. The molecule has 3 saturated heterocycles. The van der Waals surface area contributed by atoms with Gasteiger partial charge in [0.25, 0.3) is 10.2 Å². The average molecular weight is 563 g/mol. The molecule has 0 spiro atoms. The lowest BCUT2D eigenvalue weighted by atomic mass is 9.97. The lowest BCUT2D eigenvalue weighted by molar-refractivity contribution is -0.142. The Morgan fingerprint density at radius 1 is 1.00 bits per heavy atom. The first-order chi connectivity index (χ1) is 17.3. The van der Waals surface area contributed by atoms with Crippen molar-refractivity contribution in [1.29, 1.82) is 0 Å². The summed E-state index contributed by atoms with van der Waals surface area (Å²) in [7, 11) is -7.23. The second-order valence-electron chi connectivity index (χ2n) is 10.1. The standard InChI is InChI=1S/C23H32F2N4O6S2/c1-15(19-8-7-17(24)11-20(19)25)26-22(30)21-6-4-10-29(21)23(31)16-5-3-9-27(12-16)37(34,35)28-13-18(14-28)36(2,32)33/h7-8,11,15-16,18,21H,3-6,9-10,12-14H2,1-2H3,(H,26,30)/t15-,16+,21-/m1/s1. The van der Waals surface area contributed by atoms with Crippen molar-refractivity contribution in [3.05, 3.63) is 35.4 Å². The molecule has 0 saturated carbocycles. The van der Waals surface area contributed by atoms with Crippen LogP contribution in [0.5, 0.6) is 0 Å². The Kier molecular flexibility index (Phi) is 7.94. The van der Waals surface area contributed by atoms with E-state index in [4.69, 9.17) is 0 Å². The molecule has 206 valence electrons. The van der Waals surface area contributed by atoms with Gasteiger partial charge in [0.1, 0.15) is 17.7 Å². The number of amides is 2. The van der Waals surface area contributed by atoms with Crippen LogP contribution in [-0.2, 0) is 29.6 Å². The minimum atomic E-state index is -3.90. The number of sulfone groups is 1. The van der Waals surface area contributed by atoms with E-state index in [1.165, 1.54) is 15.3 Å². The third-order valence-corrected chi connectivity index (χ3v) is 10.9. The number of likely N-dealkylation sites (tertiary alicyclic amines) is 1. The first-order valence-corrected chi connectivity index (χ1v) is 15.6. The van der Waals surface area contributed by atoms with Crippen molar-refractivity contribution in [2.75, 3.05) is 39.0 Å². The minimum absolute atomic E-state index is 0.0385. The summed E-state index contributed by atoms with van der Waals surface area (Å²) in [6, 6.07) is 1.61. The first-order valence-electron chi connectivity index (χ1n) is 12.3. The molecular formula is C23H32F2N4O6S2. The zero-order valence-electron chi connectivity index (χ0n) is 20.8. The molecule has 14 heteroatoms. The Balaban J connectivity index is 1.39. The number of hydrogen-bond acceptors (Lipinski definition) is 6. The van der Waals surface area contributed by atoms with E-state index >= 15 is 0 Å². The summed E-state index contributed by atoms with van der Waals surface area (Å²) in [5.74, 6) is -2.89. The van der Waals surface area contributed by atoms with Crippen molar-refractivity contribution in [1.82, 2.24) is 18.8 Å². The Hall–Kier alpha value is -2.16. The smallest absolute Gasteiger partial charge is 0.282 e. The highest BCUT2D eigenvalue weighted by molar-refractivity contribution is 7.91. The third kappa shape index (κ3) is 5.81. The summed E-state index contributed by atoms with van der Waals surface area (Å²) in [6.07, 6.45) is 3.03. The molecule has 3 aliphatic rings. The SMILES string of the molecule is C[C@@H](NC(=O)[C@H]1CCCN1C(=O)[C@H]1CCCN(S(=O)(=O)N2CC(S(C)(=O)=O)C2)C1)c1ccc(F)cc1F. The molecule has 4 rings (SSSR count). The Morgan fingerprint density at radius 3 is 2.32 bits per heavy atom. The van der Waals surface area contributed by atoms with E-state index in [1.807, 2.05) is 0 Å². The zero-order chi connectivity index (χ0) is 27.1. The van der Waals surface area contributed by atoms with Crippen molar-refractivity contribution in [3.8, 4) is 0 Å². The first kappa shape index (κ1) is 27.9. The summed E-state index contributed by atoms with van der Waals surface area (Å²) in [4.78, 5) is 27.9. The molecule has 1 N–H and O–H groups in total. The van der Waals surface area contributed by atoms with Crippen LogP contribution in [0.4, 0.5) is 8.78 Å². The van der Waals surface area contributed by atoms with Crippen LogP contribution in [0.1, 0.15) is 44.2 Å². The van der Waals surface area contributed by atoms with Crippen LogP contribution >= 0.6 is 0 Å². The molecule has 1 aromatic rings. The minimum Gasteiger partial charge on any atom is -0.348 e. The maximum atomic E-state index is 14.1. The fraction of sp³-hybridized carbons (Fsp3) is 0.652. The monoisotopic (exact) mass is 562 g/mol. The van der Waals surface area contributed by atoms with E-state index < -0.39 is 60.8 Å². The van der Waals surface area contributed by atoms with Gasteiger partial charge in [0, 0.05) is 50.6 Å². The molecule has 0 aliphatic carbocycles. The molecule has 2 amide bonds. The Bertz CT molecular complexity index is 1270. The molecule has 3 aliphatic heterocycles. The van der Waals surface area contributed by atoms with Gasteiger partial charge in [-0.1, -0.05) is 6.07 Å². The predicted octanol–water partition coefficient (Wildman–Crippen LogP) is 0.819. The Labute approximate surface area is 216 Å². The van der Waals surface area contributed by atoms with Gasteiger partial charge in [0.15, 0.2) is 9.84 Å². The van der Waals surface area contributed by atoms with E-state index in [-0.39, 0.29) is 37.6 Å². The van der Waals surface area contributed by atoms with E-state index in [2.05, 4.69) is 5.32 Å². The van der Waals surface area contributed by atoms with Gasteiger partial charge in [-0.3, -0.25) is 9.59 Å². The van der Waals surface area contributed by atoms with E-state index in [0.717, 1.165) is 22.7 Å². The van der Waals surface area contributed by atoms with E-state index in [9.17, 15) is 35.2 Å². The van der Waals surface area contributed by atoms with E-state index in [1.54, 1.807) is 6.92 Å². The number of rotatable bonds is 7. The molecule has 3 heterocycles. The Morgan fingerprint density at radius 2 is 1.68 bits per heavy atom. The zero-order valence-corrected chi connectivity index (χ0v) is 22.4. The van der Waals surface area contributed by atoms with Crippen LogP contribution in [0.25, 0.3) is 0 Å². The van der Waals surface area contributed by atoms with Crippen molar-refractivity contribution in [2.24, 2.45) is 5.92 Å². The average Bonchev–Trinajstić information content (AvgIpc) is 3.26. The van der Waals surface area contributed by atoms with Gasteiger partial charge in [0.2, 0.25) is 11.8 Å². The van der Waals surface area contributed by atoms with Gasteiger partial charge in [-0.25, -0.2) is 17.2 Å². The highest BCUT2D eigenvalue weighted by atomic mass is 32.2. The summed E-state index contributed by atoms with van der Waals surface area (Å²) in [6.45, 7) is 1.92. The summed E-state index contributed by atoms with van der Waals surface area (Å²) in [5.41, 5.74) is 0.128. The molecule has 10 nitrogen and oxygen atoms in total. The molecule has 37 heavy (non-hydrogen) atoms. The van der Waals surface area contributed by atoms with Crippen molar-refractivity contribution < 1.29 is 35.2 Å². The van der Waals surface area contributed by atoms with Crippen LogP contribution in [0, 0.1) is 17.6 Å². The molecule has 3 atom stereocenters. The van der Waals surface area contributed by atoms with Crippen LogP contribution in [0.3, 0.4) is 0 Å². The molecule has 0 bridgehead atoms. The molecular weight excluding hydrogens is 530 g/mol. The molecule has 1 aromatic carbocycles. The van der Waals surface area contributed by atoms with Gasteiger partial charge in [-0.05, 0) is 38.7 Å². The number of hydrogen-bond donors (Lipinski definition) is 1. The highest BCUT2D eigenvalue weighted by Gasteiger charge is 2.46. The number of benzene rings is 1. The largest absolute Gasteiger partial charge is 0.348 e. The lowest BCUT2D eigenvalue weighted by Crippen LogP contribution is -2.61. The quantitative estimate of drug-likeness (QED) is 0.525. The van der Waals surface area contributed by atoms with Crippen molar-refractivity contribution in [2.45, 2.75) is 49.9 Å².